The van der Waals surface area contributed by atoms with E-state index >= 15 is 0 Å². The van der Waals surface area contributed by atoms with Crippen molar-refractivity contribution in [2.75, 3.05) is 26.3 Å². The summed E-state index contributed by atoms with van der Waals surface area (Å²) in [5.74, 6) is -0.430. The maximum Gasteiger partial charge on any atom is 0.303 e. The highest BCUT2D eigenvalue weighted by molar-refractivity contribution is 5.83. The second kappa shape index (κ2) is 6.10. The highest BCUT2D eigenvalue weighted by Crippen LogP contribution is 2.32. The number of carbonyl (C=O) groups excluding carboxylic acids is 1. The fourth-order valence-corrected chi connectivity index (χ4v) is 3.08. The first-order valence-corrected chi connectivity index (χ1v) is 7.28. The molecule has 0 bridgehead atoms. The Hall–Kier alpha value is -1.14. The van der Waals surface area contributed by atoms with Crippen LogP contribution in [0, 0.1) is 11.3 Å². The van der Waals surface area contributed by atoms with E-state index in [2.05, 4.69) is 0 Å². The van der Waals surface area contributed by atoms with Crippen LogP contribution in [0.2, 0.25) is 0 Å². The van der Waals surface area contributed by atoms with Crippen LogP contribution in [-0.2, 0) is 14.3 Å². The monoisotopic (exact) mass is 284 g/mol. The van der Waals surface area contributed by atoms with E-state index in [1.165, 1.54) is 0 Å². The standard InChI is InChI=1S/C14H24N2O4/c1-14(9-20-8-11(14)15)13(19)16-6-2-3-10(7-16)4-5-12(17)18/h10-11H,2-9,15H2,1H3,(H,17,18). The Morgan fingerprint density at radius 3 is 2.85 bits per heavy atom. The first kappa shape index (κ1) is 15.3. The minimum atomic E-state index is -0.772. The molecule has 2 rings (SSSR count). The molecule has 0 aromatic rings. The van der Waals surface area contributed by atoms with E-state index in [4.69, 9.17) is 15.6 Å². The third kappa shape index (κ3) is 3.12. The van der Waals surface area contributed by atoms with Gasteiger partial charge in [-0.05, 0) is 32.1 Å². The smallest absolute Gasteiger partial charge is 0.303 e. The zero-order valence-corrected chi connectivity index (χ0v) is 12.0. The Labute approximate surface area is 119 Å². The lowest BCUT2D eigenvalue weighted by Crippen LogP contribution is -2.53. The molecule has 2 heterocycles. The van der Waals surface area contributed by atoms with E-state index in [0.717, 1.165) is 19.4 Å². The minimum absolute atomic E-state index is 0.0579. The minimum Gasteiger partial charge on any atom is -0.481 e. The van der Waals surface area contributed by atoms with Crippen molar-refractivity contribution in [2.45, 2.75) is 38.6 Å². The van der Waals surface area contributed by atoms with Gasteiger partial charge in [0.1, 0.15) is 0 Å². The summed E-state index contributed by atoms with van der Waals surface area (Å²) in [5.41, 5.74) is 5.37. The van der Waals surface area contributed by atoms with Gasteiger partial charge in [0.2, 0.25) is 5.91 Å². The van der Waals surface area contributed by atoms with Gasteiger partial charge in [0.25, 0.3) is 0 Å². The van der Waals surface area contributed by atoms with Crippen LogP contribution in [0.15, 0.2) is 0 Å². The summed E-state index contributed by atoms with van der Waals surface area (Å²) in [6.07, 6.45) is 2.74. The van der Waals surface area contributed by atoms with Crippen LogP contribution in [0.1, 0.15) is 32.6 Å². The van der Waals surface area contributed by atoms with Crippen molar-refractivity contribution in [3.63, 3.8) is 0 Å². The number of piperidine rings is 1. The normalized spacial score (nSPS) is 34.2. The van der Waals surface area contributed by atoms with Crippen molar-refractivity contribution in [1.82, 2.24) is 4.90 Å². The summed E-state index contributed by atoms with van der Waals surface area (Å²) in [6, 6.07) is -0.255. The SMILES string of the molecule is CC1(C(=O)N2CCCC(CCC(=O)O)C2)COCC1N. The predicted molar refractivity (Wildman–Crippen MR) is 73.1 cm³/mol. The molecule has 0 radical (unpaired) electrons. The Bertz CT molecular complexity index is 387. The Balaban J connectivity index is 1.94. The Kier molecular flexibility index (Phi) is 4.65. The van der Waals surface area contributed by atoms with Crippen molar-refractivity contribution < 1.29 is 19.4 Å². The van der Waals surface area contributed by atoms with Gasteiger partial charge in [-0.15, -0.1) is 0 Å². The lowest BCUT2D eigenvalue weighted by atomic mass is 9.82. The molecule has 3 unspecified atom stereocenters. The number of amides is 1. The second-order valence-electron chi connectivity index (χ2n) is 6.23. The van der Waals surface area contributed by atoms with Crippen molar-refractivity contribution in [3.05, 3.63) is 0 Å². The molecule has 6 heteroatoms. The molecule has 114 valence electrons. The molecule has 6 nitrogen and oxygen atoms in total. The lowest BCUT2D eigenvalue weighted by Gasteiger charge is -2.38. The molecule has 0 aromatic heterocycles. The van der Waals surface area contributed by atoms with Crippen LogP contribution >= 0.6 is 0 Å². The topological polar surface area (TPSA) is 92.9 Å². The van der Waals surface area contributed by atoms with Crippen LogP contribution in [0.5, 0.6) is 0 Å². The number of hydrogen-bond acceptors (Lipinski definition) is 4. The maximum atomic E-state index is 12.7. The van der Waals surface area contributed by atoms with Crippen LogP contribution in [-0.4, -0.2) is 54.2 Å². The fourth-order valence-electron chi connectivity index (χ4n) is 3.08. The number of aliphatic carboxylic acids is 1. The summed E-state index contributed by atoms with van der Waals surface area (Å²) in [5, 5.41) is 8.75. The highest BCUT2D eigenvalue weighted by atomic mass is 16.5. The van der Waals surface area contributed by atoms with E-state index in [1.807, 2.05) is 11.8 Å². The zero-order valence-electron chi connectivity index (χ0n) is 12.0. The number of ether oxygens (including phenoxy) is 1. The molecule has 3 N–H and O–H groups in total. The fraction of sp³-hybridized carbons (Fsp3) is 0.857. The van der Waals surface area contributed by atoms with Gasteiger partial charge in [0.05, 0.1) is 18.6 Å². The van der Waals surface area contributed by atoms with Crippen molar-refractivity contribution >= 4 is 11.9 Å². The van der Waals surface area contributed by atoms with Crippen LogP contribution in [0.25, 0.3) is 0 Å². The first-order valence-electron chi connectivity index (χ1n) is 7.28. The highest BCUT2D eigenvalue weighted by Gasteiger charge is 2.46. The average molecular weight is 284 g/mol. The van der Waals surface area contributed by atoms with Gasteiger partial charge in [0.15, 0.2) is 0 Å². The molecule has 2 aliphatic rings. The third-order valence-electron chi connectivity index (χ3n) is 4.58. The molecular weight excluding hydrogens is 260 g/mol. The molecule has 3 atom stereocenters. The number of hydrogen-bond donors (Lipinski definition) is 2. The van der Waals surface area contributed by atoms with Crippen molar-refractivity contribution in [1.29, 1.82) is 0 Å². The van der Waals surface area contributed by atoms with Gasteiger partial charge in [-0.3, -0.25) is 9.59 Å². The van der Waals surface area contributed by atoms with Gasteiger partial charge in [-0.25, -0.2) is 0 Å². The van der Waals surface area contributed by atoms with E-state index in [-0.39, 0.29) is 24.3 Å². The van der Waals surface area contributed by atoms with E-state index in [1.54, 1.807) is 0 Å². The summed E-state index contributed by atoms with van der Waals surface area (Å²) >= 11 is 0. The predicted octanol–water partition coefficient (Wildman–Crippen LogP) is 0.454. The summed E-state index contributed by atoms with van der Waals surface area (Å²) < 4.78 is 5.34. The molecule has 0 saturated carbocycles. The maximum absolute atomic E-state index is 12.7. The van der Waals surface area contributed by atoms with Gasteiger partial charge in [-0.1, -0.05) is 0 Å². The molecule has 0 spiro atoms. The second-order valence-corrected chi connectivity index (χ2v) is 6.23. The summed E-state index contributed by atoms with van der Waals surface area (Å²) in [7, 11) is 0. The molecule has 2 saturated heterocycles. The number of carbonyl (C=O) groups is 2. The quantitative estimate of drug-likeness (QED) is 0.782. The van der Waals surface area contributed by atoms with E-state index in [9.17, 15) is 9.59 Å². The average Bonchev–Trinajstić information content (AvgIpc) is 2.77. The molecule has 2 aliphatic heterocycles. The number of nitrogens with zero attached hydrogens (tertiary/aromatic N) is 1. The van der Waals surface area contributed by atoms with Crippen LogP contribution < -0.4 is 5.73 Å². The summed E-state index contributed by atoms with van der Waals surface area (Å²) in [4.78, 5) is 25.2. The van der Waals surface area contributed by atoms with Gasteiger partial charge in [0, 0.05) is 25.6 Å². The van der Waals surface area contributed by atoms with Crippen molar-refractivity contribution in [2.24, 2.45) is 17.1 Å². The van der Waals surface area contributed by atoms with Crippen molar-refractivity contribution in [3.8, 4) is 0 Å². The summed E-state index contributed by atoms with van der Waals surface area (Å²) in [6.45, 7) is 4.06. The largest absolute Gasteiger partial charge is 0.481 e. The number of carboxylic acids is 1. The number of rotatable bonds is 4. The van der Waals surface area contributed by atoms with Gasteiger partial charge >= 0.3 is 5.97 Å². The zero-order chi connectivity index (χ0) is 14.8. The molecule has 20 heavy (non-hydrogen) atoms. The number of nitrogens with two attached hydrogens (primary N) is 1. The van der Waals surface area contributed by atoms with Crippen LogP contribution in [0.4, 0.5) is 0 Å². The number of likely N-dealkylation sites (tertiary alicyclic amines) is 1. The van der Waals surface area contributed by atoms with E-state index < -0.39 is 11.4 Å². The van der Waals surface area contributed by atoms with E-state index in [0.29, 0.717) is 26.2 Å². The van der Waals surface area contributed by atoms with Gasteiger partial charge in [-0.2, -0.15) is 0 Å². The molecule has 2 fully saturated rings. The Morgan fingerprint density at radius 2 is 2.25 bits per heavy atom. The third-order valence-corrected chi connectivity index (χ3v) is 4.58. The molecule has 0 aliphatic carbocycles. The van der Waals surface area contributed by atoms with Crippen LogP contribution in [0.3, 0.4) is 0 Å². The van der Waals surface area contributed by atoms with Gasteiger partial charge < -0.3 is 20.5 Å². The molecule has 1 amide bonds. The number of carboxylic acid groups (broad SMARTS) is 1. The first-order chi connectivity index (χ1) is 9.43. The Morgan fingerprint density at radius 1 is 1.50 bits per heavy atom. The molecule has 0 aromatic carbocycles. The molecular formula is C14H24N2O4. The lowest BCUT2D eigenvalue weighted by molar-refractivity contribution is -0.143.